The summed E-state index contributed by atoms with van der Waals surface area (Å²) in [6.07, 6.45) is 0. The van der Waals surface area contributed by atoms with Crippen molar-refractivity contribution in [2.45, 2.75) is 5.75 Å². The summed E-state index contributed by atoms with van der Waals surface area (Å²) < 4.78 is 7.14. The smallest absolute Gasteiger partial charge is 0.0623 e. The van der Waals surface area contributed by atoms with Gasteiger partial charge in [0, 0.05) is 5.75 Å². The molecule has 0 aliphatic heterocycles. The summed E-state index contributed by atoms with van der Waals surface area (Å²) in [6.45, 7) is 0. The van der Waals surface area contributed by atoms with Gasteiger partial charge in [-0.1, -0.05) is 30.3 Å². The highest BCUT2D eigenvalue weighted by Crippen LogP contribution is 2.00. The lowest BCUT2D eigenvalue weighted by Gasteiger charge is -1.89. The van der Waals surface area contributed by atoms with E-state index in [-0.39, 0.29) is 0 Å². The largest absolute Gasteiger partial charge is 0.175 e. The van der Waals surface area contributed by atoms with Crippen molar-refractivity contribution in [3.8, 4) is 0 Å². The van der Waals surface area contributed by atoms with Crippen LogP contribution in [0.2, 0.25) is 0 Å². The zero-order valence-corrected chi connectivity index (χ0v) is 5.36. The van der Waals surface area contributed by atoms with Gasteiger partial charge in [0.2, 0.25) is 0 Å². The number of benzene rings is 1. The molecule has 0 heterocycles. The lowest BCUT2D eigenvalue weighted by Crippen LogP contribution is -1.71. The van der Waals surface area contributed by atoms with E-state index >= 15 is 0 Å². The van der Waals surface area contributed by atoms with Crippen molar-refractivity contribution in [2.75, 3.05) is 0 Å². The van der Waals surface area contributed by atoms with E-state index < -0.39 is 0 Å². The van der Waals surface area contributed by atoms with Crippen LogP contribution in [0.5, 0.6) is 0 Å². The molecule has 1 rings (SSSR count). The Bertz CT molecular complexity index is 181. The van der Waals surface area contributed by atoms with Gasteiger partial charge in [-0.25, -0.2) is 0 Å². The molecule has 0 nitrogen and oxygen atoms in total. The maximum atomic E-state index is 7.14. The fourth-order valence-electron chi connectivity index (χ4n) is 0.527. The van der Waals surface area contributed by atoms with Crippen LogP contribution in [0.3, 0.4) is 0 Å². The maximum absolute atomic E-state index is 7.14. The lowest BCUT2D eigenvalue weighted by molar-refractivity contribution is 1.43. The molecule has 0 saturated carbocycles. The Morgan fingerprint density at radius 3 is 2.62 bits per heavy atom. The first-order chi connectivity index (χ1) is 4.33. The van der Waals surface area contributed by atoms with Crippen LogP contribution in [-0.4, -0.2) is 0 Å². The van der Waals surface area contributed by atoms with Gasteiger partial charge < -0.3 is 0 Å². The molecular formula is C7H8S. The summed E-state index contributed by atoms with van der Waals surface area (Å²) in [5.41, 5.74) is 1.16. The van der Waals surface area contributed by atoms with Crippen molar-refractivity contribution >= 4 is 12.6 Å². The van der Waals surface area contributed by atoms with Crippen LogP contribution in [0.25, 0.3) is 0 Å². The van der Waals surface area contributed by atoms with Crippen molar-refractivity contribution in [2.24, 2.45) is 0 Å². The quantitative estimate of drug-likeness (QED) is 0.546. The molecule has 1 heteroatoms. The highest BCUT2D eigenvalue weighted by molar-refractivity contribution is 7.79. The first-order valence-electron chi connectivity index (χ1n) is 2.99. The van der Waals surface area contributed by atoms with E-state index in [2.05, 4.69) is 12.6 Å². The summed E-state index contributed by atoms with van der Waals surface area (Å²) in [4.78, 5) is 0. The van der Waals surface area contributed by atoms with Gasteiger partial charge >= 0.3 is 0 Å². The first kappa shape index (κ1) is 4.45. The monoisotopic (exact) mass is 125 g/mol. The Morgan fingerprint density at radius 2 is 2.12 bits per heavy atom. The normalized spacial score (nSPS) is 10.9. The average molecular weight is 125 g/mol. The molecule has 0 amide bonds. The third kappa shape index (κ3) is 1.27. The van der Waals surface area contributed by atoms with E-state index in [9.17, 15) is 0 Å². The molecule has 0 radical (unpaired) electrons. The lowest BCUT2D eigenvalue weighted by atomic mass is 10.2. The predicted octanol–water partition coefficient (Wildman–Crippen LogP) is 2.12. The van der Waals surface area contributed by atoms with E-state index in [4.69, 9.17) is 1.37 Å². The zero-order valence-electron chi connectivity index (χ0n) is 5.46. The highest BCUT2D eigenvalue weighted by Gasteiger charge is 1.80. The maximum Gasteiger partial charge on any atom is 0.0623 e. The minimum Gasteiger partial charge on any atom is -0.175 e. The molecule has 0 unspecified atom stereocenters. The minimum absolute atomic E-state index is 0.556. The van der Waals surface area contributed by atoms with Crippen molar-refractivity contribution < 1.29 is 1.37 Å². The molecular weight excluding hydrogens is 116 g/mol. The van der Waals surface area contributed by atoms with Crippen LogP contribution in [0.4, 0.5) is 0 Å². The molecule has 0 aromatic heterocycles. The van der Waals surface area contributed by atoms with Gasteiger partial charge in [0.25, 0.3) is 0 Å². The fourth-order valence-corrected chi connectivity index (χ4v) is 0.738. The van der Waals surface area contributed by atoms with E-state index in [1.165, 1.54) is 0 Å². The Hall–Kier alpha value is -0.430. The van der Waals surface area contributed by atoms with Gasteiger partial charge in [0.05, 0.1) is 1.37 Å². The van der Waals surface area contributed by atoms with E-state index in [1.54, 1.807) is 12.1 Å². The molecule has 0 atom stereocenters. The van der Waals surface area contributed by atoms with Gasteiger partial charge in [-0.05, 0) is 5.56 Å². The minimum atomic E-state index is 0.556. The molecule has 0 saturated heterocycles. The summed E-state index contributed by atoms with van der Waals surface area (Å²) in [7, 11) is 0. The van der Waals surface area contributed by atoms with E-state index in [1.807, 2.05) is 12.1 Å². The Balaban J connectivity index is 2.88. The first-order valence-corrected chi connectivity index (χ1v) is 3.12. The predicted molar refractivity (Wildman–Crippen MR) is 39.1 cm³/mol. The molecule has 0 spiro atoms. The Morgan fingerprint density at radius 1 is 1.50 bits per heavy atom. The zero-order chi connectivity index (χ0) is 6.69. The summed E-state index contributed by atoms with van der Waals surface area (Å²) in [5, 5.41) is 0. The number of thiol groups is 1. The molecule has 1 aromatic carbocycles. The van der Waals surface area contributed by atoms with Crippen LogP contribution in [0, 0.1) is 0 Å². The molecule has 0 N–H and O–H groups in total. The molecule has 0 aliphatic rings. The van der Waals surface area contributed by atoms with Crippen LogP contribution in [0.15, 0.2) is 30.3 Å². The topological polar surface area (TPSA) is 0 Å². The number of hydrogen-bond acceptors (Lipinski definition) is 1. The van der Waals surface area contributed by atoms with Gasteiger partial charge in [0.15, 0.2) is 0 Å². The number of hydrogen-bond donors (Lipinski definition) is 1. The van der Waals surface area contributed by atoms with Crippen LogP contribution >= 0.6 is 12.6 Å². The van der Waals surface area contributed by atoms with Crippen molar-refractivity contribution in [1.29, 1.82) is 0 Å². The van der Waals surface area contributed by atoms with E-state index in [0.717, 1.165) is 11.3 Å². The average Bonchev–Trinajstić information content (AvgIpc) is 1.90. The van der Waals surface area contributed by atoms with E-state index in [0.29, 0.717) is 6.04 Å². The fraction of sp³-hybridized carbons (Fsp3) is 0.143. The summed E-state index contributed by atoms with van der Waals surface area (Å²) in [5.74, 6) is 0.750. The summed E-state index contributed by atoms with van der Waals surface area (Å²) in [6, 6.07) is 7.92. The second-order valence-electron chi connectivity index (χ2n) is 1.57. The van der Waals surface area contributed by atoms with Crippen molar-refractivity contribution in [1.82, 2.24) is 0 Å². The second kappa shape index (κ2) is 2.78. The SMILES string of the molecule is [2H]c1ccc(CS)cc1. The van der Waals surface area contributed by atoms with Crippen molar-refractivity contribution in [3.05, 3.63) is 35.9 Å². The van der Waals surface area contributed by atoms with Gasteiger partial charge in [-0.15, -0.1) is 0 Å². The molecule has 0 fully saturated rings. The highest BCUT2D eigenvalue weighted by atomic mass is 32.1. The number of rotatable bonds is 1. The van der Waals surface area contributed by atoms with Crippen molar-refractivity contribution in [3.63, 3.8) is 0 Å². The van der Waals surface area contributed by atoms with Gasteiger partial charge in [0.1, 0.15) is 0 Å². The summed E-state index contributed by atoms with van der Waals surface area (Å²) >= 11 is 4.08. The third-order valence-corrected chi connectivity index (χ3v) is 1.33. The Labute approximate surface area is 56.4 Å². The third-order valence-electron chi connectivity index (χ3n) is 0.970. The molecule has 42 valence electrons. The standard InChI is InChI=1S/C7H8S/c8-6-7-4-2-1-3-5-7/h1-5,8H,6H2/i1D. The molecule has 0 bridgehead atoms. The Kier molecular flexibility index (Phi) is 1.54. The molecule has 0 aliphatic carbocycles. The second-order valence-corrected chi connectivity index (χ2v) is 1.88. The van der Waals surface area contributed by atoms with Crippen LogP contribution in [0.1, 0.15) is 6.93 Å². The van der Waals surface area contributed by atoms with Crippen LogP contribution < -0.4 is 0 Å². The molecule has 1 aromatic rings. The van der Waals surface area contributed by atoms with Gasteiger partial charge in [-0.2, -0.15) is 12.6 Å². The van der Waals surface area contributed by atoms with Crippen LogP contribution in [-0.2, 0) is 5.75 Å². The molecule has 8 heavy (non-hydrogen) atoms. The van der Waals surface area contributed by atoms with Gasteiger partial charge in [-0.3, -0.25) is 0 Å².